The van der Waals surface area contributed by atoms with Crippen molar-refractivity contribution in [3.8, 4) is 0 Å². The van der Waals surface area contributed by atoms with Crippen molar-refractivity contribution in [2.75, 3.05) is 13.7 Å². The molecule has 1 aromatic rings. The summed E-state index contributed by atoms with van der Waals surface area (Å²) in [6, 6.07) is 10.00. The van der Waals surface area contributed by atoms with Gasteiger partial charge in [0.15, 0.2) is 0 Å². The molecule has 3 heteroatoms. The number of aliphatic hydroxyl groups is 1. The molecular weight excluding hydrogens is 228 g/mol. The lowest BCUT2D eigenvalue weighted by Crippen LogP contribution is -2.19. The maximum Gasteiger partial charge on any atom is 0.0774 e. The van der Waals surface area contributed by atoms with Crippen LogP contribution in [0, 0.1) is 0 Å². The lowest BCUT2D eigenvalue weighted by molar-refractivity contribution is 0.0392. The quantitative estimate of drug-likeness (QED) is 0.540. The van der Waals surface area contributed by atoms with Gasteiger partial charge >= 0.3 is 0 Å². The minimum atomic E-state index is -0.413. The van der Waals surface area contributed by atoms with Gasteiger partial charge in [-0.1, -0.05) is 36.4 Å². The molecule has 2 atom stereocenters. The third-order valence-corrected chi connectivity index (χ3v) is 2.78. The second-order valence-corrected chi connectivity index (χ2v) is 4.23. The Labute approximate surface area is 109 Å². The highest BCUT2D eigenvalue weighted by Crippen LogP contribution is 2.07. The SMILES string of the molecule is C=C[C@H](C[C@@H](O)CCOCc1ccccc1)OC. The lowest BCUT2D eigenvalue weighted by Gasteiger charge is -2.15. The Morgan fingerprint density at radius 3 is 2.67 bits per heavy atom. The number of rotatable bonds is 9. The number of methoxy groups -OCH3 is 1. The van der Waals surface area contributed by atoms with Crippen molar-refractivity contribution in [1.29, 1.82) is 0 Å². The van der Waals surface area contributed by atoms with Gasteiger partial charge in [-0.2, -0.15) is 0 Å². The fourth-order valence-corrected chi connectivity index (χ4v) is 1.66. The van der Waals surface area contributed by atoms with Crippen molar-refractivity contribution in [2.45, 2.75) is 31.7 Å². The van der Waals surface area contributed by atoms with Crippen molar-refractivity contribution in [1.82, 2.24) is 0 Å². The van der Waals surface area contributed by atoms with Crippen molar-refractivity contribution < 1.29 is 14.6 Å². The first-order valence-corrected chi connectivity index (χ1v) is 6.21. The zero-order valence-electron chi connectivity index (χ0n) is 10.9. The number of hydrogen-bond donors (Lipinski definition) is 1. The van der Waals surface area contributed by atoms with Gasteiger partial charge in [-0.15, -0.1) is 6.58 Å². The summed E-state index contributed by atoms with van der Waals surface area (Å²) in [6.07, 6.45) is 2.38. The van der Waals surface area contributed by atoms with E-state index in [0.717, 1.165) is 5.56 Å². The average molecular weight is 250 g/mol. The van der Waals surface area contributed by atoms with Crippen molar-refractivity contribution >= 4 is 0 Å². The molecule has 18 heavy (non-hydrogen) atoms. The van der Waals surface area contributed by atoms with Crippen LogP contribution in [0.1, 0.15) is 18.4 Å². The van der Waals surface area contributed by atoms with Crippen LogP contribution in [0.3, 0.4) is 0 Å². The molecule has 0 spiro atoms. The summed E-state index contributed by atoms with van der Waals surface area (Å²) in [5.74, 6) is 0. The first-order valence-electron chi connectivity index (χ1n) is 6.21. The molecule has 0 saturated carbocycles. The van der Waals surface area contributed by atoms with E-state index in [9.17, 15) is 5.11 Å². The molecule has 0 aliphatic heterocycles. The Hall–Kier alpha value is -1.16. The molecule has 0 saturated heterocycles. The second kappa shape index (κ2) is 8.86. The number of benzene rings is 1. The highest BCUT2D eigenvalue weighted by molar-refractivity contribution is 5.13. The zero-order chi connectivity index (χ0) is 13.2. The van der Waals surface area contributed by atoms with Gasteiger partial charge in [0.25, 0.3) is 0 Å². The smallest absolute Gasteiger partial charge is 0.0774 e. The van der Waals surface area contributed by atoms with Crippen LogP contribution in [-0.2, 0) is 16.1 Å². The summed E-state index contributed by atoms with van der Waals surface area (Å²) >= 11 is 0. The molecule has 0 aliphatic rings. The summed E-state index contributed by atoms with van der Waals surface area (Å²) in [5.41, 5.74) is 1.15. The third kappa shape index (κ3) is 5.96. The molecule has 1 aromatic carbocycles. The van der Waals surface area contributed by atoms with Crippen LogP contribution in [0.25, 0.3) is 0 Å². The maximum absolute atomic E-state index is 9.77. The van der Waals surface area contributed by atoms with Crippen LogP contribution >= 0.6 is 0 Å². The summed E-state index contributed by atoms with van der Waals surface area (Å²) in [7, 11) is 1.62. The van der Waals surface area contributed by atoms with E-state index >= 15 is 0 Å². The van der Waals surface area contributed by atoms with Gasteiger partial charge < -0.3 is 14.6 Å². The summed E-state index contributed by atoms with van der Waals surface area (Å²) in [6.45, 7) is 4.78. The molecule has 100 valence electrons. The molecule has 0 aliphatic carbocycles. The Bertz CT molecular complexity index is 324. The van der Waals surface area contributed by atoms with Gasteiger partial charge in [0.1, 0.15) is 0 Å². The fourth-order valence-electron chi connectivity index (χ4n) is 1.66. The summed E-state index contributed by atoms with van der Waals surface area (Å²) in [5, 5.41) is 9.77. The monoisotopic (exact) mass is 250 g/mol. The number of aliphatic hydroxyl groups excluding tert-OH is 1. The van der Waals surface area contributed by atoms with E-state index in [4.69, 9.17) is 9.47 Å². The fraction of sp³-hybridized carbons (Fsp3) is 0.467. The van der Waals surface area contributed by atoms with Crippen LogP contribution < -0.4 is 0 Å². The van der Waals surface area contributed by atoms with Gasteiger partial charge in [-0.3, -0.25) is 0 Å². The Kier molecular flexibility index (Phi) is 7.34. The largest absolute Gasteiger partial charge is 0.393 e. The molecule has 0 bridgehead atoms. The van der Waals surface area contributed by atoms with E-state index in [1.54, 1.807) is 13.2 Å². The normalized spacial score (nSPS) is 14.1. The van der Waals surface area contributed by atoms with E-state index in [0.29, 0.717) is 26.1 Å². The molecule has 0 aromatic heterocycles. The third-order valence-electron chi connectivity index (χ3n) is 2.78. The molecule has 3 nitrogen and oxygen atoms in total. The summed E-state index contributed by atoms with van der Waals surface area (Å²) in [4.78, 5) is 0. The minimum absolute atomic E-state index is 0.0888. The Morgan fingerprint density at radius 2 is 2.06 bits per heavy atom. The first-order chi connectivity index (χ1) is 8.76. The van der Waals surface area contributed by atoms with Crippen LogP contribution in [0.15, 0.2) is 43.0 Å². The standard InChI is InChI=1S/C15H22O3/c1-3-15(17-2)11-14(16)9-10-18-12-13-7-5-4-6-8-13/h3-8,14-16H,1,9-12H2,2H3/t14-,15+/m0/s1. The molecule has 1 rings (SSSR count). The van der Waals surface area contributed by atoms with Gasteiger partial charge in [0.2, 0.25) is 0 Å². The molecule has 0 fully saturated rings. The molecule has 0 unspecified atom stereocenters. The van der Waals surface area contributed by atoms with E-state index in [1.165, 1.54) is 0 Å². The van der Waals surface area contributed by atoms with Crippen molar-refractivity contribution in [2.24, 2.45) is 0 Å². The highest BCUT2D eigenvalue weighted by atomic mass is 16.5. The highest BCUT2D eigenvalue weighted by Gasteiger charge is 2.10. The molecule has 0 radical (unpaired) electrons. The van der Waals surface area contributed by atoms with Gasteiger partial charge in [-0.25, -0.2) is 0 Å². The predicted octanol–water partition coefficient (Wildman–Crippen LogP) is 2.55. The predicted molar refractivity (Wildman–Crippen MR) is 72.3 cm³/mol. The van der Waals surface area contributed by atoms with Crippen molar-refractivity contribution in [3.63, 3.8) is 0 Å². The maximum atomic E-state index is 9.77. The van der Waals surface area contributed by atoms with E-state index < -0.39 is 6.10 Å². The minimum Gasteiger partial charge on any atom is -0.393 e. The van der Waals surface area contributed by atoms with Crippen LogP contribution in [-0.4, -0.2) is 31.0 Å². The van der Waals surface area contributed by atoms with Gasteiger partial charge in [-0.05, 0) is 12.0 Å². The van der Waals surface area contributed by atoms with Crippen LogP contribution in [0.2, 0.25) is 0 Å². The lowest BCUT2D eigenvalue weighted by atomic mass is 10.1. The van der Waals surface area contributed by atoms with Crippen LogP contribution in [0.5, 0.6) is 0 Å². The Balaban J connectivity index is 2.12. The molecule has 0 heterocycles. The Morgan fingerprint density at radius 1 is 1.33 bits per heavy atom. The first kappa shape index (κ1) is 14.9. The molecular formula is C15H22O3. The molecule has 0 amide bonds. The summed E-state index contributed by atoms with van der Waals surface area (Å²) < 4.78 is 10.6. The van der Waals surface area contributed by atoms with Gasteiger partial charge in [0, 0.05) is 20.1 Å². The van der Waals surface area contributed by atoms with E-state index in [2.05, 4.69) is 6.58 Å². The van der Waals surface area contributed by atoms with E-state index in [-0.39, 0.29) is 6.10 Å². The number of ether oxygens (including phenoxy) is 2. The van der Waals surface area contributed by atoms with Crippen LogP contribution in [0.4, 0.5) is 0 Å². The van der Waals surface area contributed by atoms with Crippen molar-refractivity contribution in [3.05, 3.63) is 48.6 Å². The zero-order valence-corrected chi connectivity index (χ0v) is 10.9. The van der Waals surface area contributed by atoms with Gasteiger partial charge in [0.05, 0.1) is 18.8 Å². The molecule has 1 N–H and O–H groups in total. The van der Waals surface area contributed by atoms with E-state index in [1.807, 2.05) is 30.3 Å². The second-order valence-electron chi connectivity index (χ2n) is 4.23. The average Bonchev–Trinajstić information content (AvgIpc) is 2.42. The number of hydrogen-bond acceptors (Lipinski definition) is 3. The topological polar surface area (TPSA) is 38.7 Å².